The summed E-state index contributed by atoms with van der Waals surface area (Å²) < 4.78 is 23.6. The van der Waals surface area contributed by atoms with Gasteiger partial charge in [0.15, 0.2) is 0 Å². The minimum Gasteiger partial charge on any atom is -0.308 e. The van der Waals surface area contributed by atoms with Crippen LogP contribution < -0.4 is 20.7 Å². The molecule has 0 aromatic heterocycles. The number of nitrogens with zero attached hydrogens (tertiary/aromatic N) is 2. The molecule has 0 radical (unpaired) electrons. The fourth-order valence-corrected chi connectivity index (χ4v) is 5.07. The molecule has 1 aliphatic heterocycles. The van der Waals surface area contributed by atoms with Crippen molar-refractivity contribution in [1.29, 1.82) is 0 Å². The summed E-state index contributed by atoms with van der Waals surface area (Å²) in [6.07, 6.45) is 0. The molecule has 0 saturated heterocycles. The first kappa shape index (κ1) is 27.3. The van der Waals surface area contributed by atoms with Crippen molar-refractivity contribution in [2.75, 3.05) is 15.5 Å². The lowest BCUT2D eigenvalue weighted by Gasteiger charge is -2.17. The second-order valence-electron chi connectivity index (χ2n) is 9.19. The van der Waals surface area contributed by atoms with Crippen molar-refractivity contribution in [1.82, 2.24) is 0 Å². The second-order valence-corrected chi connectivity index (χ2v) is 11.7. The van der Waals surface area contributed by atoms with E-state index in [9.17, 15) is 18.0 Å². The highest BCUT2D eigenvalue weighted by molar-refractivity contribution is 9.10. The van der Waals surface area contributed by atoms with Crippen LogP contribution in [-0.4, -0.2) is 26.1 Å². The summed E-state index contributed by atoms with van der Waals surface area (Å²) in [5.41, 5.74) is 5.49. The molecule has 202 valence electrons. The predicted octanol–water partition coefficient (Wildman–Crippen LogP) is 5.72. The maximum Gasteiger partial charge on any atom is 0.323 e. The molecule has 0 saturated carbocycles. The maximum atomic E-state index is 13.5. The van der Waals surface area contributed by atoms with E-state index < -0.39 is 16.1 Å². The molecular weight excluding hydrogens is 594 g/mol. The molecule has 0 unspecified atom stereocenters. The van der Waals surface area contributed by atoms with E-state index in [2.05, 4.69) is 31.6 Å². The number of halogens is 1. The van der Waals surface area contributed by atoms with Gasteiger partial charge in [0.2, 0.25) is 10.0 Å². The van der Waals surface area contributed by atoms with Gasteiger partial charge < -0.3 is 15.5 Å². The van der Waals surface area contributed by atoms with Crippen molar-refractivity contribution in [3.8, 4) is 0 Å². The van der Waals surface area contributed by atoms with E-state index in [0.717, 1.165) is 26.9 Å². The molecule has 3 amide bonds. The number of hydrogen-bond donors (Lipinski definition) is 3. The molecule has 0 bridgehead atoms. The third-order valence-electron chi connectivity index (χ3n) is 6.22. The Morgan fingerprint density at radius 1 is 0.900 bits per heavy atom. The number of benzene rings is 4. The lowest BCUT2D eigenvalue weighted by Crippen LogP contribution is -2.29. The number of carbonyl (C=O) groups is 2. The van der Waals surface area contributed by atoms with Crippen LogP contribution in [0.1, 0.15) is 16.7 Å². The normalized spacial score (nSPS) is 13.8. The first-order chi connectivity index (χ1) is 19.1. The lowest BCUT2D eigenvalue weighted by atomic mass is 10.1. The molecular formula is C29H24BrN5O4S. The number of primary sulfonamides is 1. The number of fused-ring (bicyclic) bond motifs is 1. The average Bonchev–Trinajstić information content (AvgIpc) is 3.16. The van der Waals surface area contributed by atoms with Gasteiger partial charge >= 0.3 is 6.03 Å². The molecule has 1 heterocycles. The van der Waals surface area contributed by atoms with Crippen molar-refractivity contribution < 1.29 is 18.0 Å². The average molecular weight is 619 g/mol. The molecule has 9 nitrogen and oxygen atoms in total. The van der Waals surface area contributed by atoms with Crippen LogP contribution in [-0.2, 0) is 21.4 Å². The molecule has 4 aromatic rings. The number of amides is 3. The van der Waals surface area contributed by atoms with Gasteiger partial charge in [-0.1, -0.05) is 45.8 Å². The summed E-state index contributed by atoms with van der Waals surface area (Å²) in [6, 6.07) is 25.5. The number of nitrogens with one attached hydrogen (secondary N) is 2. The number of nitrogens with two attached hydrogens (primary N) is 1. The van der Waals surface area contributed by atoms with E-state index in [1.54, 1.807) is 29.2 Å². The highest BCUT2D eigenvalue weighted by atomic mass is 79.9. The van der Waals surface area contributed by atoms with Gasteiger partial charge in [0.05, 0.1) is 22.8 Å². The number of aryl methyl sites for hydroxylation is 1. The van der Waals surface area contributed by atoms with Crippen molar-refractivity contribution in [3.63, 3.8) is 0 Å². The molecule has 4 aromatic carbocycles. The van der Waals surface area contributed by atoms with Gasteiger partial charge in [-0.25, -0.2) is 23.3 Å². The quantitative estimate of drug-likeness (QED) is 0.255. The Kier molecular flexibility index (Phi) is 7.53. The molecule has 0 atom stereocenters. The molecule has 0 spiro atoms. The van der Waals surface area contributed by atoms with Crippen molar-refractivity contribution >= 4 is 66.4 Å². The zero-order valence-electron chi connectivity index (χ0n) is 21.3. The molecule has 5 rings (SSSR count). The summed E-state index contributed by atoms with van der Waals surface area (Å²) in [7, 11) is -3.82. The van der Waals surface area contributed by atoms with Gasteiger partial charge in [-0.3, -0.25) is 4.79 Å². The van der Waals surface area contributed by atoms with Gasteiger partial charge in [-0.05, 0) is 79.2 Å². The van der Waals surface area contributed by atoms with Crippen molar-refractivity contribution in [3.05, 3.63) is 112 Å². The van der Waals surface area contributed by atoms with Crippen LogP contribution in [0.5, 0.6) is 0 Å². The third kappa shape index (κ3) is 6.12. The van der Waals surface area contributed by atoms with E-state index >= 15 is 0 Å². The van der Waals surface area contributed by atoms with Crippen LogP contribution in [0.4, 0.5) is 27.5 Å². The standard InChI is InChI=1S/C29H24BrN5O4S/c1-18-2-4-19(5-3-18)17-35-26-15-6-20(30)16-25(26)27(28(35)36)32-21-7-9-22(10-8-21)33-29(37)34-23-11-13-24(14-12-23)40(31,38)39/h2-16H,17H2,1H3,(H2,31,38,39)(H2,33,34,37). The van der Waals surface area contributed by atoms with Gasteiger partial charge in [-0.2, -0.15) is 0 Å². The summed E-state index contributed by atoms with van der Waals surface area (Å²) in [5, 5.41) is 10.4. The van der Waals surface area contributed by atoms with Crippen LogP contribution in [0.15, 0.2) is 105 Å². The number of sulfonamides is 1. The number of urea groups is 1. The highest BCUT2D eigenvalue weighted by Gasteiger charge is 2.34. The monoisotopic (exact) mass is 617 g/mol. The van der Waals surface area contributed by atoms with Gasteiger partial charge in [-0.15, -0.1) is 0 Å². The van der Waals surface area contributed by atoms with E-state index in [1.807, 2.05) is 49.4 Å². The Hall–Kier alpha value is -4.32. The third-order valence-corrected chi connectivity index (χ3v) is 7.64. The lowest BCUT2D eigenvalue weighted by molar-refractivity contribution is -0.112. The Bertz CT molecular complexity index is 1740. The fraction of sp³-hybridized carbons (Fsp3) is 0.0690. The number of aliphatic imine (C=N–C) groups is 1. The molecule has 0 aliphatic carbocycles. The minimum absolute atomic E-state index is 0.0512. The number of rotatable bonds is 6. The summed E-state index contributed by atoms with van der Waals surface area (Å²) in [4.78, 5) is 32.2. The van der Waals surface area contributed by atoms with Gasteiger partial charge in [0.25, 0.3) is 5.91 Å². The van der Waals surface area contributed by atoms with Gasteiger partial charge in [0.1, 0.15) is 5.71 Å². The van der Waals surface area contributed by atoms with Crippen LogP contribution in [0, 0.1) is 6.92 Å². The summed E-state index contributed by atoms with van der Waals surface area (Å²) in [5.74, 6) is -0.191. The molecule has 1 aliphatic rings. The van der Waals surface area contributed by atoms with Crippen molar-refractivity contribution in [2.45, 2.75) is 18.4 Å². The predicted molar refractivity (Wildman–Crippen MR) is 160 cm³/mol. The number of carbonyl (C=O) groups excluding carboxylic acids is 2. The van der Waals surface area contributed by atoms with Crippen LogP contribution in [0.3, 0.4) is 0 Å². The van der Waals surface area contributed by atoms with Crippen LogP contribution in [0.25, 0.3) is 0 Å². The smallest absolute Gasteiger partial charge is 0.308 e. The van der Waals surface area contributed by atoms with Gasteiger partial charge in [0, 0.05) is 21.4 Å². The highest BCUT2D eigenvalue weighted by Crippen LogP contribution is 2.34. The van der Waals surface area contributed by atoms with Crippen LogP contribution >= 0.6 is 15.9 Å². The molecule has 11 heteroatoms. The topological polar surface area (TPSA) is 134 Å². The maximum absolute atomic E-state index is 13.5. The summed E-state index contributed by atoms with van der Waals surface area (Å²) in [6.45, 7) is 2.45. The summed E-state index contributed by atoms with van der Waals surface area (Å²) >= 11 is 3.50. The van der Waals surface area contributed by atoms with E-state index in [4.69, 9.17) is 5.14 Å². The molecule has 0 fully saturated rings. The molecule has 4 N–H and O–H groups in total. The van der Waals surface area contributed by atoms with E-state index in [-0.39, 0.29) is 10.8 Å². The Morgan fingerprint density at radius 2 is 1.50 bits per heavy atom. The first-order valence-electron chi connectivity index (χ1n) is 12.1. The second kappa shape index (κ2) is 11.0. The first-order valence-corrected chi connectivity index (χ1v) is 14.5. The number of hydrogen-bond acceptors (Lipinski definition) is 5. The Labute approximate surface area is 239 Å². The molecule has 40 heavy (non-hydrogen) atoms. The Balaban J connectivity index is 1.31. The largest absolute Gasteiger partial charge is 0.323 e. The number of anilines is 3. The fourth-order valence-electron chi connectivity index (χ4n) is 4.20. The minimum atomic E-state index is -3.82. The van der Waals surface area contributed by atoms with E-state index in [0.29, 0.717) is 29.3 Å². The van der Waals surface area contributed by atoms with E-state index in [1.165, 1.54) is 24.3 Å². The zero-order valence-corrected chi connectivity index (χ0v) is 23.7. The van der Waals surface area contributed by atoms with Crippen molar-refractivity contribution in [2.24, 2.45) is 10.1 Å². The van der Waals surface area contributed by atoms with Crippen LogP contribution in [0.2, 0.25) is 0 Å². The zero-order chi connectivity index (χ0) is 28.4. The Morgan fingerprint density at radius 3 is 2.10 bits per heavy atom. The SMILES string of the molecule is Cc1ccc(CN2C(=O)C(=Nc3ccc(NC(=O)Nc4ccc(S(N)(=O)=O)cc4)cc3)c3cc(Br)ccc32)cc1.